The monoisotopic (exact) mass is 418 g/mol. The van der Waals surface area contributed by atoms with Crippen molar-refractivity contribution in [2.75, 3.05) is 29.5 Å². The summed E-state index contributed by atoms with van der Waals surface area (Å²) in [5.41, 5.74) is 1.93. The van der Waals surface area contributed by atoms with Crippen molar-refractivity contribution in [3.05, 3.63) is 53.6 Å². The van der Waals surface area contributed by atoms with Crippen LogP contribution in [0.3, 0.4) is 0 Å². The lowest BCUT2D eigenvalue weighted by molar-refractivity contribution is -0.122. The van der Waals surface area contributed by atoms with Gasteiger partial charge in [-0.15, -0.1) is 0 Å². The van der Waals surface area contributed by atoms with Gasteiger partial charge in [0.1, 0.15) is 5.75 Å². The molecule has 1 atom stereocenters. The van der Waals surface area contributed by atoms with Crippen LogP contribution in [0.2, 0.25) is 0 Å². The van der Waals surface area contributed by atoms with Crippen LogP contribution in [-0.4, -0.2) is 46.3 Å². The number of rotatable bonds is 4. The van der Waals surface area contributed by atoms with Crippen LogP contribution in [0.5, 0.6) is 5.75 Å². The fourth-order valence-electron chi connectivity index (χ4n) is 3.07. The van der Waals surface area contributed by atoms with Crippen molar-refractivity contribution in [1.29, 1.82) is 0 Å². The summed E-state index contributed by atoms with van der Waals surface area (Å²) in [5.74, 6) is -0.625. The van der Waals surface area contributed by atoms with Crippen LogP contribution in [0.25, 0.3) is 0 Å². The van der Waals surface area contributed by atoms with Crippen LogP contribution >= 0.6 is 0 Å². The van der Waals surface area contributed by atoms with Gasteiger partial charge in [-0.05, 0) is 36.8 Å². The fourth-order valence-corrected chi connectivity index (χ4v) is 4.02. The van der Waals surface area contributed by atoms with E-state index in [9.17, 15) is 18.0 Å². The number of benzene rings is 2. The number of aryl methyl sites for hydroxylation is 1. The molecule has 0 spiro atoms. The number of anilines is 2. The molecule has 0 aromatic heterocycles. The Morgan fingerprint density at radius 3 is 2.62 bits per heavy atom. The summed E-state index contributed by atoms with van der Waals surface area (Å²) in [6.07, 6.45) is 0.388. The molecule has 1 amide bonds. The number of esters is 1. The van der Waals surface area contributed by atoms with E-state index in [1.165, 1.54) is 17.5 Å². The summed E-state index contributed by atoms with van der Waals surface area (Å²) in [6, 6.07) is 11.5. The quantitative estimate of drug-likeness (QED) is 0.765. The summed E-state index contributed by atoms with van der Waals surface area (Å²) < 4.78 is 36.1. The number of nitrogens with zero attached hydrogens (tertiary/aromatic N) is 1. The van der Waals surface area contributed by atoms with Crippen molar-refractivity contribution in [3.63, 3.8) is 0 Å². The molecule has 0 saturated heterocycles. The molecule has 2 aromatic rings. The van der Waals surface area contributed by atoms with Crippen molar-refractivity contribution >= 4 is 33.3 Å². The molecule has 1 aliphatic rings. The van der Waals surface area contributed by atoms with Crippen molar-refractivity contribution in [2.24, 2.45) is 0 Å². The average Bonchev–Trinajstić information content (AvgIpc) is 2.88. The van der Waals surface area contributed by atoms with E-state index in [1.807, 2.05) is 0 Å². The summed E-state index contributed by atoms with van der Waals surface area (Å²) >= 11 is 0. The highest BCUT2D eigenvalue weighted by Gasteiger charge is 2.31. The minimum Gasteiger partial charge on any atom is -0.478 e. The number of methoxy groups -OCH3 is 1. The first-order valence-electron chi connectivity index (χ1n) is 8.94. The van der Waals surface area contributed by atoms with E-state index in [0.717, 1.165) is 11.8 Å². The Kier molecular flexibility index (Phi) is 5.78. The number of hydrogen-bond donors (Lipinski definition) is 1. The lowest BCUT2D eigenvalue weighted by Gasteiger charge is -2.20. The number of amides is 1. The molecule has 1 unspecified atom stereocenters. The van der Waals surface area contributed by atoms with Crippen molar-refractivity contribution in [3.8, 4) is 5.75 Å². The largest absolute Gasteiger partial charge is 0.478 e. The van der Waals surface area contributed by atoms with Crippen molar-refractivity contribution in [1.82, 2.24) is 0 Å². The van der Waals surface area contributed by atoms with Gasteiger partial charge in [-0.25, -0.2) is 13.2 Å². The number of carbonyl (C=O) groups excluding carboxylic acids is 2. The number of carbonyl (C=O) groups is 2. The molecule has 1 heterocycles. The molecule has 2 aromatic carbocycles. The highest BCUT2D eigenvalue weighted by Crippen LogP contribution is 2.34. The standard InChI is InChI=1S/C20H22N2O6S/c1-13-8-9-14(20(24)27-2)12-15(13)21-19(23)18-10-11-22(29(3,25)26)16-6-4-5-7-17(16)28-18/h4-9,12,18H,10-11H2,1-3H3,(H,21,23). The summed E-state index contributed by atoms with van der Waals surface area (Å²) in [4.78, 5) is 24.6. The first-order valence-corrected chi connectivity index (χ1v) is 10.8. The third-order valence-corrected chi connectivity index (χ3v) is 5.79. The summed E-state index contributed by atoms with van der Waals surface area (Å²) in [6.45, 7) is 1.90. The first-order chi connectivity index (χ1) is 13.7. The Hall–Kier alpha value is -3.07. The zero-order chi connectivity index (χ0) is 21.2. The van der Waals surface area contributed by atoms with Gasteiger partial charge in [-0.3, -0.25) is 9.10 Å². The van der Waals surface area contributed by atoms with Crippen LogP contribution in [0.4, 0.5) is 11.4 Å². The van der Waals surface area contributed by atoms with E-state index < -0.39 is 28.0 Å². The molecule has 8 nitrogen and oxygen atoms in total. The SMILES string of the molecule is COC(=O)c1ccc(C)c(NC(=O)C2CCN(S(C)(=O)=O)c3ccccc3O2)c1. The topological polar surface area (TPSA) is 102 Å². The Labute approximate surface area is 169 Å². The van der Waals surface area contributed by atoms with E-state index in [0.29, 0.717) is 22.7 Å². The van der Waals surface area contributed by atoms with Gasteiger partial charge in [0, 0.05) is 18.7 Å². The fraction of sp³-hybridized carbons (Fsp3) is 0.300. The maximum Gasteiger partial charge on any atom is 0.337 e. The molecule has 0 saturated carbocycles. The third-order valence-electron chi connectivity index (χ3n) is 4.61. The Morgan fingerprint density at radius 1 is 1.21 bits per heavy atom. The Morgan fingerprint density at radius 2 is 1.93 bits per heavy atom. The van der Waals surface area contributed by atoms with Crippen LogP contribution in [-0.2, 0) is 19.6 Å². The molecule has 29 heavy (non-hydrogen) atoms. The second kappa shape index (κ2) is 8.12. The normalized spacial score (nSPS) is 16.2. The highest BCUT2D eigenvalue weighted by atomic mass is 32.2. The Bertz CT molecular complexity index is 1050. The van der Waals surface area contributed by atoms with Gasteiger partial charge in [-0.1, -0.05) is 18.2 Å². The molecule has 3 rings (SSSR count). The molecule has 1 aliphatic heterocycles. The molecule has 1 N–H and O–H groups in total. The van der Waals surface area contributed by atoms with Gasteiger partial charge < -0.3 is 14.8 Å². The first kappa shape index (κ1) is 20.7. The molecular weight excluding hydrogens is 396 g/mol. The van der Waals surface area contributed by atoms with Crippen molar-refractivity contribution in [2.45, 2.75) is 19.4 Å². The lowest BCUT2D eigenvalue weighted by Crippen LogP contribution is -2.36. The number of fused-ring (bicyclic) bond motifs is 1. The van der Waals surface area contributed by atoms with Crippen LogP contribution in [0.15, 0.2) is 42.5 Å². The van der Waals surface area contributed by atoms with E-state index in [-0.39, 0.29) is 13.0 Å². The van der Waals surface area contributed by atoms with Gasteiger partial charge in [0.15, 0.2) is 6.10 Å². The molecular formula is C20H22N2O6S. The maximum atomic E-state index is 12.9. The minimum atomic E-state index is -3.53. The van der Waals surface area contributed by atoms with Crippen molar-refractivity contribution < 1.29 is 27.5 Å². The van der Waals surface area contributed by atoms with Gasteiger partial charge in [0.25, 0.3) is 5.91 Å². The molecule has 9 heteroatoms. The molecule has 0 aliphatic carbocycles. The maximum absolute atomic E-state index is 12.9. The van der Waals surface area contributed by atoms with E-state index in [2.05, 4.69) is 5.32 Å². The van der Waals surface area contributed by atoms with Gasteiger partial charge >= 0.3 is 5.97 Å². The van der Waals surface area contributed by atoms with Crippen LogP contribution < -0.4 is 14.4 Å². The second-order valence-corrected chi connectivity index (χ2v) is 8.62. The van der Waals surface area contributed by atoms with Gasteiger partial charge in [0.05, 0.1) is 24.6 Å². The van der Waals surface area contributed by atoms with E-state index >= 15 is 0 Å². The van der Waals surface area contributed by atoms with Crippen LogP contribution in [0.1, 0.15) is 22.3 Å². The minimum absolute atomic E-state index is 0.106. The molecule has 154 valence electrons. The third kappa shape index (κ3) is 4.51. The van der Waals surface area contributed by atoms with E-state index in [4.69, 9.17) is 9.47 Å². The highest BCUT2D eigenvalue weighted by molar-refractivity contribution is 7.92. The van der Waals surface area contributed by atoms with Gasteiger partial charge in [0.2, 0.25) is 10.0 Å². The average molecular weight is 418 g/mol. The van der Waals surface area contributed by atoms with Gasteiger partial charge in [-0.2, -0.15) is 0 Å². The predicted octanol–water partition coefficient (Wildman–Crippen LogP) is 2.34. The number of ether oxygens (including phenoxy) is 2. The lowest BCUT2D eigenvalue weighted by atomic mass is 10.1. The Balaban J connectivity index is 1.85. The summed E-state index contributed by atoms with van der Waals surface area (Å²) in [5, 5.41) is 2.77. The number of nitrogens with one attached hydrogen (secondary N) is 1. The van der Waals surface area contributed by atoms with Crippen LogP contribution in [0, 0.1) is 6.92 Å². The predicted molar refractivity (Wildman–Crippen MR) is 109 cm³/mol. The zero-order valence-electron chi connectivity index (χ0n) is 16.3. The number of para-hydroxylation sites is 2. The van der Waals surface area contributed by atoms with E-state index in [1.54, 1.807) is 43.3 Å². The molecule has 0 radical (unpaired) electrons. The molecule has 0 fully saturated rings. The number of hydrogen-bond acceptors (Lipinski definition) is 6. The second-order valence-electron chi connectivity index (χ2n) is 6.71. The zero-order valence-corrected chi connectivity index (χ0v) is 17.2. The molecule has 0 bridgehead atoms. The number of sulfonamides is 1. The summed E-state index contributed by atoms with van der Waals surface area (Å²) in [7, 11) is -2.24. The smallest absolute Gasteiger partial charge is 0.337 e.